The van der Waals surface area contributed by atoms with E-state index < -0.39 is 14.6 Å². The molecule has 3 aromatic carbocycles. The van der Waals surface area contributed by atoms with Gasteiger partial charge in [-0.1, -0.05) is 112 Å². The largest absolute Gasteiger partial charge is 0.404 e. The summed E-state index contributed by atoms with van der Waals surface area (Å²) in [4.78, 5) is 0. The summed E-state index contributed by atoms with van der Waals surface area (Å²) in [5, 5.41) is 23.8. The molecule has 0 bridgehead atoms. The summed E-state index contributed by atoms with van der Waals surface area (Å²) in [7, 11) is -2.72. The van der Waals surface area contributed by atoms with Crippen LogP contribution < -0.4 is 10.4 Å². The summed E-state index contributed by atoms with van der Waals surface area (Å²) in [5.74, 6) is 0.490. The van der Waals surface area contributed by atoms with E-state index in [1.54, 1.807) is 0 Å². The molecule has 1 saturated carbocycles. The number of ether oxygens (including phenoxy) is 1. The molecule has 1 aliphatic heterocycles. The zero-order valence-electron chi connectivity index (χ0n) is 23.6. The van der Waals surface area contributed by atoms with Crippen molar-refractivity contribution in [3.8, 4) is 0 Å². The minimum absolute atomic E-state index is 0.00896. The molecule has 0 spiro atoms. The molecule has 3 aromatic rings. The van der Waals surface area contributed by atoms with E-state index in [0.29, 0.717) is 6.42 Å². The standard InChI is InChI=1S/C34H44O4Si/c1-34(2,3)39(27-15-9-5-10-16-27,28-17-11-6-12-18-28)38-32-24-31-30(23-33(36)37-31)29(32)22-21-26(35)20-19-25-13-7-4-8-14-25/h4-18,26,29-33,35-36H,19-24H2,1-3H3/t26-,29+,30+,31-,32+,33?/m0/s1. The minimum Gasteiger partial charge on any atom is -0.404 e. The smallest absolute Gasteiger partial charge is 0.261 e. The molecule has 5 rings (SSSR count). The molecule has 0 radical (unpaired) electrons. The van der Waals surface area contributed by atoms with E-state index in [-0.39, 0.29) is 35.2 Å². The predicted molar refractivity (Wildman–Crippen MR) is 160 cm³/mol. The van der Waals surface area contributed by atoms with Crippen LogP contribution in [0.1, 0.15) is 58.4 Å². The van der Waals surface area contributed by atoms with Gasteiger partial charge in [0.1, 0.15) is 0 Å². The molecule has 1 unspecified atom stereocenters. The Bertz CT molecular complexity index is 1120. The van der Waals surface area contributed by atoms with Gasteiger partial charge in [0.2, 0.25) is 0 Å². The van der Waals surface area contributed by atoms with Crippen molar-refractivity contribution in [3.05, 3.63) is 96.6 Å². The Balaban J connectivity index is 1.41. The Labute approximate surface area is 235 Å². The fourth-order valence-electron chi connectivity index (χ4n) is 7.06. The lowest BCUT2D eigenvalue weighted by atomic mass is 9.86. The molecule has 2 N–H and O–H groups in total. The second-order valence-corrected chi connectivity index (χ2v) is 16.8. The molecule has 0 amide bonds. The second-order valence-electron chi connectivity index (χ2n) is 12.5. The normalized spacial score (nSPS) is 25.9. The first-order valence-electron chi connectivity index (χ1n) is 14.6. The van der Waals surface area contributed by atoms with Crippen LogP contribution in [0.2, 0.25) is 5.04 Å². The van der Waals surface area contributed by atoms with E-state index >= 15 is 0 Å². The number of rotatable bonds is 10. The van der Waals surface area contributed by atoms with Gasteiger partial charge in [0.15, 0.2) is 6.29 Å². The van der Waals surface area contributed by atoms with Crippen LogP contribution in [0, 0.1) is 11.8 Å². The lowest BCUT2D eigenvalue weighted by Crippen LogP contribution is -2.68. The molecule has 0 aromatic heterocycles. The highest BCUT2D eigenvalue weighted by Crippen LogP contribution is 2.49. The van der Waals surface area contributed by atoms with E-state index in [9.17, 15) is 10.2 Å². The highest BCUT2D eigenvalue weighted by molar-refractivity contribution is 6.99. The van der Waals surface area contributed by atoms with E-state index in [0.717, 1.165) is 32.1 Å². The van der Waals surface area contributed by atoms with Gasteiger partial charge in [-0.2, -0.15) is 0 Å². The van der Waals surface area contributed by atoms with Gasteiger partial charge >= 0.3 is 0 Å². The molecule has 1 heterocycles. The van der Waals surface area contributed by atoms with E-state index in [1.807, 2.05) is 6.07 Å². The van der Waals surface area contributed by atoms with Crippen LogP contribution in [-0.2, 0) is 15.6 Å². The van der Waals surface area contributed by atoms with Crippen LogP contribution in [0.15, 0.2) is 91.0 Å². The van der Waals surface area contributed by atoms with Crippen molar-refractivity contribution in [1.29, 1.82) is 0 Å². The highest BCUT2D eigenvalue weighted by atomic mass is 28.4. The van der Waals surface area contributed by atoms with Gasteiger partial charge in [0, 0.05) is 6.42 Å². The monoisotopic (exact) mass is 544 g/mol. The number of hydrogen-bond acceptors (Lipinski definition) is 4. The molecule has 4 nitrogen and oxygen atoms in total. The van der Waals surface area contributed by atoms with Crippen LogP contribution in [0.5, 0.6) is 0 Å². The number of aliphatic hydroxyl groups is 2. The van der Waals surface area contributed by atoms with Crippen LogP contribution in [0.4, 0.5) is 0 Å². The first-order chi connectivity index (χ1) is 18.8. The molecule has 39 heavy (non-hydrogen) atoms. The van der Waals surface area contributed by atoms with Gasteiger partial charge in [-0.15, -0.1) is 0 Å². The predicted octanol–water partition coefficient (Wildman–Crippen LogP) is 5.45. The Kier molecular flexibility index (Phi) is 8.75. The average molecular weight is 545 g/mol. The Morgan fingerprint density at radius 2 is 1.41 bits per heavy atom. The van der Waals surface area contributed by atoms with Crippen LogP contribution in [0.25, 0.3) is 0 Å². The maximum Gasteiger partial charge on any atom is 0.261 e. The zero-order chi connectivity index (χ0) is 27.5. The summed E-state index contributed by atoms with van der Waals surface area (Å²) in [5.41, 5.74) is 1.26. The lowest BCUT2D eigenvalue weighted by Gasteiger charge is -2.46. The Morgan fingerprint density at radius 3 is 1.97 bits per heavy atom. The second kappa shape index (κ2) is 12.1. The van der Waals surface area contributed by atoms with Gasteiger partial charge in [-0.05, 0) is 64.9 Å². The van der Waals surface area contributed by atoms with Gasteiger partial charge in [-0.3, -0.25) is 0 Å². The molecule has 2 aliphatic rings. The summed E-state index contributed by atoms with van der Waals surface area (Å²) in [6.45, 7) is 6.95. The zero-order valence-corrected chi connectivity index (χ0v) is 24.6. The minimum atomic E-state index is -2.72. The highest BCUT2D eigenvalue weighted by Gasteiger charge is 2.56. The number of aliphatic hydroxyl groups excluding tert-OH is 2. The fraction of sp³-hybridized carbons (Fsp3) is 0.471. The third kappa shape index (κ3) is 6.08. The van der Waals surface area contributed by atoms with Crippen molar-refractivity contribution in [3.63, 3.8) is 0 Å². The average Bonchev–Trinajstić information content (AvgIpc) is 3.45. The van der Waals surface area contributed by atoms with Gasteiger partial charge in [0.25, 0.3) is 8.32 Å². The first kappa shape index (κ1) is 28.3. The number of hydrogen-bond donors (Lipinski definition) is 2. The summed E-state index contributed by atoms with van der Waals surface area (Å²) >= 11 is 0. The number of aryl methyl sites for hydroxylation is 1. The molecule has 208 valence electrons. The van der Waals surface area contributed by atoms with Crippen molar-refractivity contribution in [2.75, 3.05) is 0 Å². The van der Waals surface area contributed by atoms with E-state index in [2.05, 4.69) is 106 Å². The number of fused-ring (bicyclic) bond motifs is 1. The van der Waals surface area contributed by atoms with Crippen molar-refractivity contribution >= 4 is 18.7 Å². The van der Waals surface area contributed by atoms with Crippen molar-refractivity contribution < 1.29 is 19.4 Å². The van der Waals surface area contributed by atoms with Crippen LogP contribution in [0.3, 0.4) is 0 Å². The van der Waals surface area contributed by atoms with E-state index in [4.69, 9.17) is 9.16 Å². The third-order valence-corrected chi connectivity index (χ3v) is 14.0. The first-order valence-corrected chi connectivity index (χ1v) is 16.5. The van der Waals surface area contributed by atoms with E-state index in [1.165, 1.54) is 15.9 Å². The third-order valence-electron chi connectivity index (χ3n) is 8.96. The SMILES string of the molecule is CC(C)(C)[Si](O[C@@H]1C[C@@H]2OC(O)C[C@@H]2[C@H]1CC[C@@H](O)CCc1ccccc1)(c1ccccc1)c1ccccc1. The summed E-state index contributed by atoms with van der Waals surface area (Å²) in [6.07, 6.45) is 3.65. The molecule has 1 aliphatic carbocycles. The fourth-order valence-corrected chi connectivity index (χ4v) is 11.8. The van der Waals surface area contributed by atoms with Gasteiger partial charge in [0.05, 0.1) is 18.3 Å². The topological polar surface area (TPSA) is 58.9 Å². The van der Waals surface area contributed by atoms with Crippen molar-refractivity contribution in [1.82, 2.24) is 0 Å². The molecule has 1 saturated heterocycles. The number of benzene rings is 3. The summed E-state index contributed by atoms with van der Waals surface area (Å²) in [6, 6.07) is 32.0. The molecule has 5 heteroatoms. The van der Waals surface area contributed by atoms with Crippen LogP contribution in [-0.4, -0.2) is 43.1 Å². The Hall–Kier alpha value is -2.28. The lowest BCUT2D eigenvalue weighted by molar-refractivity contribution is -0.0946. The molecular formula is C34H44O4Si. The van der Waals surface area contributed by atoms with Gasteiger partial charge < -0.3 is 19.4 Å². The van der Waals surface area contributed by atoms with Crippen LogP contribution >= 0.6 is 0 Å². The maximum atomic E-state index is 11.0. The quantitative estimate of drug-likeness (QED) is 0.333. The van der Waals surface area contributed by atoms with Crippen molar-refractivity contribution in [2.24, 2.45) is 11.8 Å². The molecule has 6 atom stereocenters. The van der Waals surface area contributed by atoms with Gasteiger partial charge in [-0.25, -0.2) is 0 Å². The Morgan fingerprint density at radius 1 is 0.846 bits per heavy atom. The maximum absolute atomic E-state index is 11.0. The van der Waals surface area contributed by atoms with Crippen molar-refractivity contribution in [2.45, 2.75) is 88.9 Å². The molecular weight excluding hydrogens is 500 g/mol. The molecule has 2 fully saturated rings. The summed E-state index contributed by atoms with van der Waals surface area (Å²) < 4.78 is 13.6.